The van der Waals surface area contributed by atoms with Gasteiger partial charge in [0.05, 0.1) is 18.8 Å². The first kappa shape index (κ1) is 72.0. The highest BCUT2D eigenvalue weighted by atomic mass is 16.3. The van der Waals surface area contributed by atoms with Gasteiger partial charge in [-0.25, -0.2) is 0 Å². The second-order valence-electron chi connectivity index (χ2n) is 22.4. The molecule has 0 bridgehead atoms. The van der Waals surface area contributed by atoms with Crippen LogP contribution in [0.1, 0.15) is 335 Å². The van der Waals surface area contributed by atoms with E-state index in [2.05, 4.69) is 79.9 Å². The number of aliphatic hydroxyl groups excluding tert-OH is 4. The molecule has 6 heteroatoms. The van der Waals surface area contributed by atoms with E-state index in [0.717, 1.165) is 57.8 Å². The lowest BCUT2D eigenvalue weighted by Gasteiger charge is -2.27. The highest BCUT2D eigenvalue weighted by Gasteiger charge is 2.28. The van der Waals surface area contributed by atoms with Crippen molar-refractivity contribution >= 4 is 5.91 Å². The van der Waals surface area contributed by atoms with Crippen molar-refractivity contribution in [1.82, 2.24) is 5.32 Å². The van der Waals surface area contributed by atoms with Gasteiger partial charge in [-0.15, -0.1) is 0 Å². The maximum atomic E-state index is 12.6. The van der Waals surface area contributed by atoms with Crippen molar-refractivity contribution in [3.05, 3.63) is 60.8 Å². The Labute approximate surface area is 461 Å². The highest BCUT2D eigenvalue weighted by molar-refractivity contribution is 5.80. The smallest absolute Gasteiger partial charge is 0.249 e. The minimum absolute atomic E-state index is 0.355. The average Bonchev–Trinajstić information content (AvgIpc) is 3.41. The van der Waals surface area contributed by atoms with E-state index in [4.69, 9.17) is 0 Å². The zero-order valence-electron chi connectivity index (χ0n) is 49.3. The third kappa shape index (κ3) is 54.8. The number of rotatable bonds is 60. The van der Waals surface area contributed by atoms with Gasteiger partial charge in [0, 0.05) is 0 Å². The number of amides is 1. The van der Waals surface area contributed by atoms with E-state index in [1.165, 1.54) is 244 Å². The van der Waals surface area contributed by atoms with E-state index in [-0.39, 0.29) is 0 Å². The fourth-order valence-corrected chi connectivity index (χ4v) is 10.1. The van der Waals surface area contributed by atoms with Crippen molar-refractivity contribution in [2.75, 3.05) is 6.61 Å². The SMILES string of the molecule is CCCCCCCCCCC/C=C\C/C=C\CCCCCCCCCCCCCCC(O)C(=O)NC(CO)C(O)C(O)CCC/C=C/CC/C=C/CC/C=C/CCCCCCCCCCCCCCCCCCC. The number of hydrogen-bond donors (Lipinski definition) is 5. The maximum absolute atomic E-state index is 12.6. The Bertz CT molecular complexity index is 1260. The molecule has 0 aromatic carbocycles. The first-order valence-electron chi connectivity index (χ1n) is 32.7. The van der Waals surface area contributed by atoms with Crippen LogP contribution in [0.3, 0.4) is 0 Å². The first-order valence-corrected chi connectivity index (χ1v) is 32.7. The second kappa shape index (κ2) is 61.9. The summed E-state index contributed by atoms with van der Waals surface area (Å²) in [6.07, 6.45) is 81.8. The Morgan fingerprint density at radius 2 is 0.608 bits per heavy atom. The van der Waals surface area contributed by atoms with Crippen LogP contribution < -0.4 is 5.32 Å². The van der Waals surface area contributed by atoms with Gasteiger partial charge < -0.3 is 25.7 Å². The van der Waals surface area contributed by atoms with E-state index in [0.29, 0.717) is 19.3 Å². The second-order valence-corrected chi connectivity index (χ2v) is 22.4. The van der Waals surface area contributed by atoms with Gasteiger partial charge in [0.25, 0.3) is 0 Å². The van der Waals surface area contributed by atoms with Crippen LogP contribution in [-0.4, -0.2) is 57.3 Å². The highest BCUT2D eigenvalue weighted by Crippen LogP contribution is 2.18. The van der Waals surface area contributed by atoms with Crippen LogP contribution in [0.4, 0.5) is 0 Å². The van der Waals surface area contributed by atoms with Crippen LogP contribution in [0.25, 0.3) is 0 Å². The molecule has 4 unspecified atom stereocenters. The van der Waals surface area contributed by atoms with E-state index < -0.39 is 36.9 Å². The van der Waals surface area contributed by atoms with Crippen molar-refractivity contribution in [2.45, 2.75) is 359 Å². The lowest BCUT2D eigenvalue weighted by molar-refractivity contribution is -0.132. The quantitative estimate of drug-likeness (QED) is 0.0308. The molecule has 4 atom stereocenters. The van der Waals surface area contributed by atoms with Gasteiger partial charge in [0.2, 0.25) is 5.91 Å². The monoisotopic (exact) mass is 1040 g/mol. The largest absolute Gasteiger partial charge is 0.394 e. The molecule has 74 heavy (non-hydrogen) atoms. The van der Waals surface area contributed by atoms with Crippen molar-refractivity contribution in [1.29, 1.82) is 0 Å². The van der Waals surface area contributed by atoms with E-state index in [9.17, 15) is 25.2 Å². The Morgan fingerprint density at radius 1 is 0.338 bits per heavy atom. The van der Waals surface area contributed by atoms with Gasteiger partial charge in [-0.3, -0.25) is 4.79 Å². The molecule has 0 aromatic heterocycles. The molecule has 0 spiro atoms. The summed E-state index contributed by atoms with van der Waals surface area (Å²) in [7, 11) is 0. The number of allylic oxidation sites excluding steroid dienone is 10. The van der Waals surface area contributed by atoms with Crippen LogP contribution in [-0.2, 0) is 4.79 Å². The summed E-state index contributed by atoms with van der Waals surface area (Å²) in [5, 5.41) is 44.1. The molecule has 6 nitrogen and oxygen atoms in total. The van der Waals surface area contributed by atoms with Crippen LogP contribution >= 0.6 is 0 Å². The van der Waals surface area contributed by atoms with Gasteiger partial charge >= 0.3 is 0 Å². The molecule has 0 aliphatic heterocycles. The lowest BCUT2D eigenvalue weighted by atomic mass is 10.00. The third-order valence-corrected chi connectivity index (χ3v) is 15.2. The van der Waals surface area contributed by atoms with Gasteiger partial charge in [-0.2, -0.15) is 0 Å². The van der Waals surface area contributed by atoms with Crippen molar-refractivity contribution in [2.24, 2.45) is 0 Å². The topological polar surface area (TPSA) is 110 Å². The van der Waals surface area contributed by atoms with Crippen molar-refractivity contribution in [3.8, 4) is 0 Å². The molecule has 0 saturated carbocycles. The summed E-state index contributed by atoms with van der Waals surface area (Å²) in [4.78, 5) is 12.6. The summed E-state index contributed by atoms with van der Waals surface area (Å²) in [6, 6.07) is -1.02. The van der Waals surface area contributed by atoms with Crippen molar-refractivity contribution in [3.63, 3.8) is 0 Å². The summed E-state index contributed by atoms with van der Waals surface area (Å²) in [5.74, 6) is -0.599. The Hall–Kier alpha value is -1.99. The molecule has 0 heterocycles. The Kier molecular flexibility index (Phi) is 60.2. The zero-order valence-corrected chi connectivity index (χ0v) is 49.3. The van der Waals surface area contributed by atoms with E-state index >= 15 is 0 Å². The summed E-state index contributed by atoms with van der Waals surface area (Å²) in [6.45, 7) is 4.07. The summed E-state index contributed by atoms with van der Waals surface area (Å²) >= 11 is 0. The van der Waals surface area contributed by atoms with Crippen molar-refractivity contribution < 1.29 is 25.2 Å². The number of hydrogen-bond acceptors (Lipinski definition) is 5. The van der Waals surface area contributed by atoms with Gasteiger partial charge in [-0.1, -0.05) is 299 Å². The van der Waals surface area contributed by atoms with Crippen LogP contribution in [0, 0.1) is 0 Å². The minimum atomic E-state index is -1.30. The summed E-state index contributed by atoms with van der Waals surface area (Å²) in [5.41, 5.74) is 0. The number of carbonyl (C=O) groups excluding carboxylic acids is 1. The van der Waals surface area contributed by atoms with Crippen LogP contribution in [0.2, 0.25) is 0 Å². The molecule has 0 fully saturated rings. The maximum Gasteiger partial charge on any atom is 0.249 e. The van der Waals surface area contributed by atoms with Gasteiger partial charge in [0.1, 0.15) is 12.2 Å². The molecule has 434 valence electrons. The minimum Gasteiger partial charge on any atom is -0.394 e. The number of carbonyl (C=O) groups is 1. The molecule has 0 radical (unpaired) electrons. The third-order valence-electron chi connectivity index (χ3n) is 15.2. The van der Waals surface area contributed by atoms with Gasteiger partial charge in [0.15, 0.2) is 0 Å². The number of unbranched alkanes of at least 4 members (excludes halogenated alkanes) is 41. The standard InChI is InChI=1S/C68H127NO5/c1-3-5-7-9-11-13-15-17-19-21-23-25-27-29-31-33-34-36-37-39-41-43-45-47-49-51-53-55-57-59-61-65(71)67(73)64(63-70)69-68(74)66(72)62-60-58-56-54-52-50-48-46-44-42-40-38-35-32-30-28-26-24-22-20-18-16-14-12-10-8-6-4-2/h24,26,30,32,37,39,45,47,53,55,64-67,70-73H,3-23,25,27-29,31,33-36,38,40-44,46,48-52,54,56-63H2,1-2H3,(H,69,74)/b26-24-,32-30-,39-37+,47-45+,55-53+. The average molecular weight is 1040 g/mol. The van der Waals surface area contributed by atoms with E-state index in [1.54, 1.807) is 0 Å². The predicted octanol–water partition coefficient (Wildman–Crippen LogP) is 19.9. The molecule has 0 aliphatic carbocycles. The Balaban J connectivity index is 3.67. The number of nitrogens with one attached hydrogen (secondary N) is 1. The normalized spacial score (nSPS) is 14.0. The zero-order chi connectivity index (χ0) is 53.7. The Morgan fingerprint density at radius 3 is 0.932 bits per heavy atom. The molecule has 5 N–H and O–H groups in total. The van der Waals surface area contributed by atoms with Crippen LogP contribution in [0.5, 0.6) is 0 Å². The number of aliphatic hydroxyl groups is 4. The molecule has 0 aliphatic rings. The fourth-order valence-electron chi connectivity index (χ4n) is 10.1. The molecular weight excluding hydrogens is 911 g/mol. The molecule has 1 amide bonds. The predicted molar refractivity (Wildman–Crippen MR) is 325 cm³/mol. The summed E-state index contributed by atoms with van der Waals surface area (Å²) < 4.78 is 0. The fraction of sp³-hybridized carbons (Fsp3) is 0.838. The molecule has 0 aromatic rings. The lowest BCUT2D eigenvalue weighted by Crippen LogP contribution is -2.53. The molecule has 0 rings (SSSR count). The van der Waals surface area contributed by atoms with E-state index in [1.807, 2.05) is 0 Å². The molecule has 0 saturated heterocycles. The van der Waals surface area contributed by atoms with Crippen LogP contribution in [0.15, 0.2) is 60.8 Å². The first-order chi connectivity index (χ1) is 36.5. The van der Waals surface area contributed by atoms with Gasteiger partial charge in [-0.05, 0) is 96.3 Å². The molecular formula is C68H127NO5.